The van der Waals surface area contributed by atoms with Crippen molar-refractivity contribution >= 4 is 40.3 Å². The Morgan fingerprint density at radius 1 is 1.50 bits per heavy atom. The van der Waals surface area contributed by atoms with Gasteiger partial charge in [-0.3, -0.25) is 4.79 Å². The zero-order valence-electron chi connectivity index (χ0n) is 9.61. The summed E-state index contributed by atoms with van der Waals surface area (Å²) in [5.74, 6) is -0.410. The highest BCUT2D eigenvalue weighted by Gasteiger charge is 2.15. The maximum absolute atomic E-state index is 10.6. The fourth-order valence-corrected chi connectivity index (χ4v) is 2.28. The van der Waals surface area contributed by atoms with Crippen molar-refractivity contribution < 1.29 is 14.3 Å². The topological polar surface area (TPSA) is 63.3 Å². The number of fused-ring (bicyclic) bond motifs is 1. The molecule has 1 aromatic heterocycles. The van der Waals surface area contributed by atoms with Gasteiger partial charge in [-0.1, -0.05) is 30.1 Å². The van der Waals surface area contributed by atoms with Gasteiger partial charge in [0, 0.05) is 17.9 Å². The molecule has 1 heterocycles. The summed E-state index contributed by atoms with van der Waals surface area (Å²) in [7, 11) is 0. The standard InChI is InChI=1S/C12H11Cl2NO3/c1-6(3-11(16)17)2-10-15-9-5-7(13)4-8(14)12(9)18-10/h4-6H,2-3H2,1H3,(H,16,17). The molecule has 1 N–H and O–H groups in total. The van der Waals surface area contributed by atoms with Gasteiger partial charge in [0.05, 0.1) is 5.02 Å². The predicted octanol–water partition coefficient (Wildman–Crippen LogP) is 3.79. The van der Waals surface area contributed by atoms with E-state index in [9.17, 15) is 4.79 Å². The first-order valence-corrected chi connectivity index (χ1v) is 6.17. The van der Waals surface area contributed by atoms with Gasteiger partial charge in [-0.25, -0.2) is 4.98 Å². The predicted molar refractivity (Wildman–Crippen MR) is 69.1 cm³/mol. The number of halogens is 2. The molecule has 0 bridgehead atoms. The zero-order valence-corrected chi connectivity index (χ0v) is 11.1. The highest BCUT2D eigenvalue weighted by atomic mass is 35.5. The molecular formula is C12H11Cl2NO3. The molecule has 2 aromatic rings. The van der Waals surface area contributed by atoms with Crippen LogP contribution in [0.2, 0.25) is 10.0 Å². The normalized spacial score (nSPS) is 12.8. The Kier molecular flexibility index (Phi) is 3.78. The molecule has 96 valence electrons. The second kappa shape index (κ2) is 5.16. The van der Waals surface area contributed by atoms with Gasteiger partial charge in [0.15, 0.2) is 11.5 Å². The second-order valence-corrected chi connectivity index (χ2v) is 5.09. The van der Waals surface area contributed by atoms with Gasteiger partial charge in [-0.05, 0) is 18.1 Å². The van der Waals surface area contributed by atoms with Crippen molar-refractivity contribution in [2.24, 2.45) is 5.92 Å². The number of carboxylic acid groups (broad SMARTS) is 1. The van der Waals surface area contributed by atoms with Crippen molar-refractivity contribution in [3.05, 3.63) is 28.1 Å². The molecule has 0 radical (unpaired) electrons. The first kappa shape index (κ1) is 13.2. The Morgan fingerprint density at radius 2 is 2.22 bits per heavy atom. The molecule has 2 rings (SSSR count). The summed E-state index contributed by atoms with van der Waals surface area (Å²) in [6, 6.07) is 3.25. The van der Waals surface area contributed by atoms with Gasteiger partial charge in [-0.15, -0.1) is 0 Å². The van der Waals surface area contributed by atoms with Gasteiger partial charge >= 0.3 is 5.97 Å². The number of rotatable bonds is 4. The molecule has 0 aliphatic heterocycles. The average Bonchev–Trinajstić information content (AvgIpc) is 2.58. The summed E-state index contributed by atoms with van der Waals surface area (Å²) in [5.41, 5.74) is 1.07. The summed E-state index contributed by atoms with van der Waals surface area (Å²) in [6.07, 6.45) is 0.530. The van der Waals surface area contributed by atoms with Crippen LogP contribution in [-0.2, 0) is 11.2 Å². The van der Waals surface area contributed by atoms with Gasteiger partial charge in [0.2, 0.25) is 0 Å². The maximum atomic E-state index is 10.6. The molecule has 0 saturated heterocycles. The van der Waals surface area contributed by atoms with Crippen LogP contribution in [0.25, 0.3) is 11.1 Å². The largest absolute Gasteiger partial charge is 0.481 e. The fourth-order valence-electron chi connectivity index (χ4n) is 1.76. The molecule has 0 spiro atoms. The summed E-state index contributed by atoms with van der Waals surface area (Å²) in [4.78, 5) is 14.8. The number of carbonyl (C=O) groups is 1. The number of benzene rings is 1. The van der Waals surface area contributed by atoms with Crippen molar-refractivity contribution in [3.63, 3.8) is 0 Å². The highest BCUT2D eigenvalue weighted by Crippen LogP contribution is 2.29. The zero-order chi connectivity index (χ0) is 13.3. The van der Waals surface area contributed by atoms with Gasteiger partial charge in [0.1, 0.15) is 5.52 Å². The third-order valence-electron chi connectivity index (χ3n) is 2.50. The molecule has 0 aliphatic carbocycles. The Labute approximate surface area is 114 Å². The molecule has 18 heavy (non-hydrogen) atoms. The van der Waals surface area contributed by atoms with Gasteiger partial charge < -0.3 is 9.52 Å². The van der Waals surface area contributed by atoms with E-state index in [1.54, 1.807) is 12.1 Å². The molecule has 0 amide bonds. The third-order valence-corrected chi connectivity index (χ3v) is 3.00. The monoisotopic (exact) mass is 287 g/mol. The average molecular weight is 288 g/mol. The highest BCUT2D eigenvalue weighted by molar-refractivity contribution is 6.37. The van der Waals surface area contributed by atoms with Crippen LogP contribution in [0.15, 0.2) is 16.5 Å². The molecule has 0 saturated carbocycles. The Hall–Kier alpha value is -1.26. The van der Waals surface area contributed by atoms with Crippen molar-refractivity contribution in [1.82, 2.24) is 4.98 Å². The van der Waals surface area contributed by atoms with Crippen LogP contribution < -0.4 is 0 Å². The Bertz CT molecular complexity index is 594. The quantitative estimate of drug-likeness (QED) is 0.929. The van der Waals surface area contributed by atoms with E-state index in [0.717, 1.165) is 0 Å². The molecule has 0 aliphatic rings. The SMILES string of the molecule is CC(CC(=O)O)Cc1nc2cc(Cl)cc(Cl)c2o1. The van der Waals surface area contributed by atoms with E-state index in [2.05, 4.69) is 4.98 Å². The number of hydrogen-bond acceptors (Lipinski definition) is 3. The van der Waals surface area contributed by atoms with Crippen LogP contribution in [-0.4, -0.2) is 16.1 Å². The molecule has 1 atom stereocenters. The minimum atomic E-state index is -0.834. The lowest BCUT2D eigenvalue weighted by atomic mass is 10.0. The molecular weight excluding hydrogens is 277 g/mol. The first-order chi connectivity index (χ1) is 8.45. The van der Waals surface area contributed by atoms with Crippen LogP contribution in [0.1, 0.15) is 19.2 Å². The number of carboxylic acids is 1. The summed E-state index contributed by atoms with van der Waals surface area (Å²) >= 11 is 11.8. The number of aromatic nitrogens is 1. The van der Waals surface area contributed by atoms with Crippen molar-refractivity contribution in [3.8, 4) is 0 Å². The summed E-state index contributed by atoms with van der Waals surface area (Å²) in [5, 5.41) is 9.59. The lowest BCUT2D eigenvalue weighted by molar-refractivity contribution is -0.137. The Morgan fingerprint density at radius 3 is 2.89 bits per heavy atom. The van der Waals surface area contributed by atoms with Crippen LogP contribution in [0, 0.1) is 5.92 Å². The smallest absolute Gasteiger partial charge is 0.303 e. The van der Waals surface area contributed by atoms with E-state index >= 15 is 0 Å². The number of hydrogen-bond donors (Lipinski definition) is 1. The molecule has 1 aromatic carbocycles. The number of nitrogens with zero attached hydrogens (tertiary/aromatic N) is 1. The maximum Gasteiger partial charge on any atom is 0.303 e. The van der Waals surface area contributed by atoms with Crippen molar-refractivity contribution in [1.29, 1.82) is 0 Å². The summed E-state index contributed by atoms with van der Waals surface area (Å²) < 4.78 is 5.51. The van der Waals surface area contributed by atoms with E-state index in [4.69, 9.17) is 32.7 Å². The first-order valence-electron chi connectivity index (χ1n) is 5.42. The minimum Gasteiger partial charge on any atom is -0.481 e. The van der Waals surface area contributed by atoms with Gasteiger partial charge in [0.25, 0.3) is 0 Å². The minimum absolute atomic E-state index is 0.0511. The number of aliphatic carboxylic acids is 1. The van der Waals surface area contributed by atoms with Crippen molar-refractivity contribution in [2.75, 3.05) is 0 Å². The van der Waals surface area contributed by atoms with E-state index in [-0.39, 0.29) is 12.3 Å². The third kappa shape index (κ3) is 2.94. The van der Waals surface area contributed by atoms with E-state index < -0.39 is 5.97 Å². The van der Waals surface area contributed by atoms with Crippen LogP contribution in [0.5, 0.6) is 0 Å². The van der Waals surface area contributed by atoms with E-state index in [1.807, 2.05) is 6.92 Å². The molecule has 4 nitrogen and oxygen atoms in total. The van der Waals surface area contributed by atoms with E-state index in [0.29, 0.717) is 33.5 Å². The lowest BCUT2D eigenvalue weighted by Crippen LogP contribution is -2.07. The van der Waals surface area contributed by atoms with E-state index in [1.165, 1.54) is 0 Å². The lowest BCUT2D eigenvalue weighted by Gasteiger charge is -2.03. The van der Waals surface area contributed by atoms with Crippen molar-refractivity contribution in [2.45, 2.75) is 19.8 Å². The van der Waals surface area contributed by atoms with Crippen LogP contribution in [0.4, 0.5) is 0 Å². The van der Waals surface area contributed by atoms with Gasteiger partial charge in [-0.2, -0.15) is 0 Å². The Balaban J connectivity index is 2.25. The summed E-state index contributed by atoms with van der Waals surface area (Å²) in [6.45, 7) is 1.83. The fraction of sp³-hybridized carbons (Fsp3) is 0.333. The molecule has 0 fully saturated rings. The van der Waals surface area contributed by atoms with Crippen LogP contribution >= 0.6 is 23.2 Å². The second-order valence-electron chi connectivity index (χ2n) is 4.25. The molecule has 6 heteroatoms. The molecule has 1 unspecified atom stereocenters. The number of oxazole rings is 1. The van der Waals surface area contributed by atoms with Crippen LogP contribution in [0.3, 0.4) is 0 Å².